The molecule has 0 bridgehead atoms. The first-order valence-electron chi connectivity index (χ1n) is 7.67. The van der Waals surface area contributed by atoms with Gasteiger partial charge in [0, 0.05) is 18.2 Å². The molecule has 22 heavy (non-hydrogen) atoms. The van der Waals surface area contributed by atoms with Crippen molar-refractivity contribution in [2.75, 3.05) is 18.4 Å². The van der Waals surface area contributed by atoms with Crippen molar-refractivity contribution in [1.29, 1.82) is 0 Å². The molecule has 0 saturated carbocycles. The number of anilines is 1. The molecule has 3 nitrogen and oxygen atoms in total. The maximum Gasteiger partial charge on any atom is 0.151 e. The number of aryl methyl sites for hydroxylation is 2. The third kappa shape index (κ3) is 2.55. The van der Waals surface area contributed by atoms with Gasteiger partial charge >= 0.3 is 0 Å². The van der Waals surface area contributed by atoms with Crippen molar-refractivity contribution in [1.82, 2.24) is 0 Å². The molecule has 1 atom stereocenters. The van der Waals surface area contributed by atoms with E-state index in [4.69, 9.17) is 10.5 Å². The molecule has 4 heteroatoms. The summed E-state index contributed by atoms with van der Waals surface area (Å²) in [7, 11) is 0. The maximum atomic E-state index is 14.1. The average molecular weight is 300 g/mol. The van der Waals surface area contributed by atoms with E-state index in [1.165, 1.54) is 11.6 Å². The van der Waals surface area contributed by atoms with Gasteiger partial charge in [-0.05, 0) is 36.1 Å². The monoisotopic (exact) mass is 300 g/mol. The van der Waals surface area contributed by atoms with Gasteiger partial charge in [0.15, 0.2) is 5.75 Å². The number of benzene rings is 2. The number of rotatable bonds is 3. The molecule has 0 fully saturated rings. The molecule has 0 amide bonds. The number of ether oxygens (including phenoxy) is 1. The Morgan fingerprint density at radius 1 is 1.36 bits per heavy atom. The van der Waals surface area contributed by atoms with E-state index in [0.29, 0.717) is 24.5 Å². The highest BCUT2D eigenvalue weighted by atomic mass is 19.1. The molecule has 0 saturated heterocycles. The molecule has 0 aromatic heterocycles. The highest BCUT2D eigenvalue weighted by Gasteiger charge is 2.24. The SMILES string of the molecule is CCc1cccc(C)c1-c1cc(F)cc2c1OC(CN)CN2. The van der Waals surface area contributed by atoms with Crippen LogP contribution in [-0.2, 0) is 6.42 Å². The van der Waals surface area contributed by atoms with Crippen LogP contribution < -0.4 is 15.8 Å². The molecule has 116 valence electrons. The molecule has 1 aliphatic heterocycles. The van der Waals surface area contributed by atoms with Gasteiger partial charge in [-0.3, -0.25) is 0 Å². The van der Waals surface area contributed by atoms with Crippen LogP contribution in [0.25, 0.3) is 11.1 Å². The summed E-state index contributed by atoms with van der Waals surface area (Å²) in [4.78, 5) is 0. The zero-order valence-corrected chi connectivity index (χ0v) is 12.9. The van der Waals surface area contributed by atoms with Crippen molar-refractivity contribution in [2.45, 2.75) is 26.4 Å². The Kier molecular flexibility index (Phi) is 4.03. The Balaban J connectivity index is 2.22. The van der Waals surface area contributed by atoms with Gasteiger partial charge in [0.2, 0.25) is 0 Å². The summed E-state index contributed by atoms with van der Waals surface area (Å²) in [6.07, 6.45) is 0.793. The summed E-state index contributed by atoms with van der Waals surface area (Å²) in [5.41, 5.74) is 10.6. The quantitative estimate of drug-likeness (QED) is 0.912. The Hall–Kier alpha value is -2.07. The lowest BCUT2D eigenvalue weighted by Gasteiger charge is -2.29. The molecule has 3 N–H and O–H groups in total. The van der Waals surface area contributed by atoms with E-state index in [9.17, 15) is 4.39 Å². The fourth-order valence-electron chi connectivity index (χ4n) is 3.01. The van der Waals surface area contributed by atoms with Crippen molar-refractivity contribution in [3.63, 3.8) is 0 Å². The zero-order chi connectivity index (χ0) is 15.7. The minimum Gasteiger partial charge on any atom is -0.484 e. The van der Waals surface area contributed by atoms with Gasteiger partial charge in [-0.1, -0.05) is 25.1 Å². The van der Waals surface area contributed by atoms with Gasteiger partial charge in [0.1, 0.15) is 11.9 Å². The van der Waals surface area contributed by atoms with Crippen LogP contribution in [0.4, 0.5) is 10.1 Å². The lowest BCUT2D eigenvalue weighted by atomic mass is 9.92. The number of hydrogen-bond donors (Lipinski definition) is 2. The van der Waals surface area contributed by atoms with Crippen LogP contribution in [0.1, 0.15) is 18.1 Å². The summed E-state index contributed by atoms with van der Waals surface area (Å²) in [6.45, 7) is 5.17. The molecule has 1 heterocycles. The first-order chi connectivity index (χ1) is 10.6. The molecule has 0 aliphatic carbocycles. The van der Waals surface area contributed by atoms with Gasteiger partial charge in [-0.15, -0.1) is 0 Å². The highest BCUT2D eigenvalue weighted by Crippen LogP contribution is 2.42. The predicted molar refractivity (Wildman–Crippen MR) is 87.9 cm³/mol. The first kappa shape index (κ1) is 14.9. The van der Waals surface area contributed by atoms with Gasteiger partial charge in [-0.2, -0.15) is 0 Å². The topological polar surface area (TPSA) is 47.3 Å². The second kappa shape index (κ2) is 5.97. The van der Waals surface area contributed by atoms with E-state index in [2.05, 4.69) is 18.3 Å². The number of fused-ring (bicyclic) bond motifs is 1. The van der Waals surface area contributed by atoms with E-state index in [1.807, 2.05) is 19.1 Å². The summed E-state index contributed by atoms with van der Waals surface area (Å²) < 4.78 is 20.1. The molecular weight excluding hydrogens is 279 g/mol. The minimum absolute atomic E-state index is 0.0918. The summed E-state index contributed by atoms with van der Waals surface area (Å²) in [5.74, 6) is 0.438. The molecule has 1 aliphatic rings. The fraction of sp³-hybridized carbons (Fsp3) is 0.333. The Labute approximate surface area is 130 Å². The minimum atomic E-state index is -0.263. The van der Waals surface area contributed by atoms with Crippen molar-refractivity contribution >= 4 is 5.69 Å². The predicted octanol–water partition coefficient (Wildman–Crippen LogP) is 3.50. The van der Waals surface area contributed by atoms with Crippen LogP contribution >= 0.6 is 0 Å². The van der Waals surface area contributed by atoms with E-state index in [-0.39, 0.29) is 11.9 Å². The van der Waals surface area contributed by atoms with Crippen molar-refractivity contribution < 1.29 is 9.13 Å². The van der Waals surface area contributed by atoms with E-state index in [0.717, 1.165) is 23.1 Å². The third-order valence-electron chi connectivity index (χ3n) is 4.13. The number of nitrogens with one attached hydrogen (secondary N) is 1. The van der Waals surface area contributed by atoms with Gasteiger partial charge in [0.25, 0.3) is 0 Å². The molecule has 1 unspecified atom stereocenters. The van der Waals surface area contributed by atoms with Crippen LogP contribution in [0.2, 0.25) is 0 Å². The van der Waals surface area contributed by atoms with Crippen LogP contribution in [0, 0.1) is 12.7 Å². The molecule has 3 rings (SSSR count). The largest absolute Gasteiger partial charge is 0.484 e. The van der Waals surface area contributed by atoms with Crippen molar-refractivity contribution in [3.8, 4) is 16.9 Å². The average Bonchev–Trinajstić information content (AvgIpc) is 2.53. The van der Waals surface area contributed by atoms with E-state index in [1.54, 1.807) is 6.07 Å². The zero-order valence-electron chi connectivity index (χ0n) is 12.9. The smallest absolute Gasteiger partial charge is 0.151 e. The summed E-state index contributed by atoms with van der Waals surface area (Å²) >= 11 is 0. The Morgan fingerprint density at radius 2 is 2.18 bits per heavy atom. The molecule has 2 aromatic carbocycles. The third-order valence-corrected chi connectivity index (χ3v) is 4.13. The van der Waals surface area contributed by atoms with Crippen LogP contribution in [0.3, 0.4) is 0 Å². The Bertz CT molecular complexity index is 700. The Morgan fingerprint density at radius 3 is 2.91 bits per heavy atom. The second-order valence-corrected chi connectivity index (χ2v) is 5.65. The number of nitrogens with two attached hydrogens (primary N) is 1. The standard InChI is InChI=1S/C18H21FN2O/c1-3-12-6-4-5-11(2)17(12)15-7-13(19)8-16-18(15)22-14(9-20)10-21-16/h4-8,14,21H,3,9-10,20H2,1-2H3. The molecule has 0 radical (unpaired) electrons. The molecular formula is C18H21FN2O. The second-order valence-electron chi connectivity index (χ2n) is 5.65. The maximum absolute atomic E-state index is 14.1. The van der Waals surface area contributed by atoms with Crippen LogP contribution in [-0.4, -0.2) is 19.2 Å². The fourth-order valence-corrected chi connectivity index (χ4v) is 3.01. The van der Waals surface area contributed by atoms with Crippen LogP contribution in [0.5, 0.6) is 5.75 Å². The van der Waals surface area contributed by atoms with E-state index >= 15 is 0 Å². The lowest BCUT2D eigenvalue weighted by molar-refractivity contribution is 0.215. The number of hydrogen-bond acceptors (Lipinski definition) is 3. The first-order valence-corrected chi connectivity index (χ1v) is 7.67. The lowest BCUT2D eigenvalue weighted by Crippen LogP contribution is -2.37. The molecule has 2 aromatic rings. The molecule has 0 spiro atoms. The summed E-state index contributed by atoms with van der Waals surface area (Å²) in [5, 5.41) is 3.23. The van der Waals surface area contributed by atoms with Gasteiger partial charge < -0.3 is 15.8 Å². The van der Waals surface area contributed by atoms with Crippen LogP contribution in [0.15, 0.2) is 30.3 Å². The van der Waals surface area contributed by atoms with Crippen molar-refractivity contribution in [2.24, 2.45) is 5.73 Å². The highest BCUT2D eigenvalue weighted by molar-refractivity contribution is 5.82. The normalized spacial score (nSPS) is 16.6. The summed E-state index contributed by atoms with van der Waals surface area (Å²) in [6, 6.07) is 9.19. The number of halogens is 1. The van der Waals surface area contributed by atoms with Gasteiger partial charge in [-0.25, -0.2) is 4.39 Å². The van der Waals surface area contributed by atoms with Gasteiger partial charge in [0.05, 0.1) is 12.2 Å². The van der Waals surface area contributed by atoms with Crippen molar-refractivity contribution in [3.05, 3.63) is 47.3 Å². The van der Waals surface area contributed by atoms with E-state index < -0.39 is 0 Å².